The Labute approximate surface area is 389 Å². The molecule has 1 fully saturated rings. The van der Waals surface area contributed by atoms with Crippen molar-refractivity contribution < 1.29 is 43.0 Å². The number of rotatable bonds is 17. The van der Waals surface area contributed by atoms with Crippen LogP contribution < -0.4 is 37.2 Å². The largest absolute Gasteiger partial charge is 0.444 e. The quantitative estimate of drug-likeness (QED) is 0.0781. The zero-order chi connectivity index (χ0) is 48.9. The molecule has 0 unspecified atom stereocenters. The Kier molecular flexibility index (Phi) is 17.1. The molecule has 1 aromatic heterocycles. The number of carbonyl (C=O) groups is 7. The average Bonchev–Trinajstić information content (AvgIpc) is 3.81. The van der Waals surface area contributed by atoms with Crippen molar-refractivity contribution in [1.29, 1.82) is 0 Å². The van der Waals surface area contributed by atoms with E-state index in [-0.39, 0.29) is 24.2 Å². The molecule has 67 heavy (non-hydrogen) atoms. The SMILES string of the molecule is Cc1cc(N(CC(N)=O)C(=O)CNC(=O)CNC(=O)OC(C)(C)C)ccc1-c1ccc(C[C@H](NC(=O)C2CCC(CNC(=O)OC(C)(C)C)CC2)C(=O)Nc2ccc(-c3nn[nH]n3)cc2)cc1. The number of anilines is 2. The van der Waals surface area contributed by atoms with Gasteiger partial charge in [-0.2, -0.15) is 5.21 Å². The van der Waals surface area contributed by atoms with E-state index in [9.17, 15) is 33.6 Å². The van der Waals surface area contributed by atoms with Crippen molar-refractivity contribution in [3.8, 4) is 22.5 Å². The Hall–Kier alpha value is -7.38. The van der Waals surface area contributed by atoms with Gasteiger partial charge in [-0.1, -0.05) is 30.3 Å². The number of alkyl carbamates (subject to hydrolysis) is 2. The maximum absolute atomic E-state index is 13.9. The van der Waals surface area contributed by atoms with E-state index >= 15 is 0 Å². The second-order valence-corrected chi connectivity index (χ2v) is 18.4. The van der Waals surface area contributed by atoms with Crippen LogP contribution in [0, 0.1) is 18.8 Å². The molecule has 20 heteroatoms. The molecule has 1 aliphatic rings. The number of nitrogens with two attached hydrogens (primary N) is 1. The van der Waals surface area contributed by atoms with Crippen LogP contribution in [0.4, 0.5) is 21.0 Å². The maximum atomic E-state index is 13.9. The van der Waals surface area contributed by atoms with Gasteiger partial charge in [0, 0.05) is 35.8 Å². The smallest absolute Gasteiger partial charge is 0.408 e. The first-order chi connectivity index (χ1) is 31.6. The van der Waals surface area contributed by atoms with Gasteiger partial charge in [0.1, 0.15) is 30.3 Å². The second-order valence-electron chi connectivity index (χ2n) is 18.4. The van der Waals surface area contributed by atoms with Gasteiger partial charge >= 0.3 is 12.2 Å². The Morgan fingerprint density at radius 1 is 0.791 bits per heavy atom. The Balaban J connectivity index is 1.24. The molecule has 358 valence electrons. The second kappa shape index (κ2) is 22.7. The number of hydrogen-bond acceptors (Lipinski definition) is 12. The number of H-pyrrole nitrogens is 1. The zero-order valence-electron chi connectivity index (χ0n) is 39.0. The third kappa shape index (κ3) is 16.2. The highest BCUT2D eigenvalue weighted by Gasteiger charge is 2.31. The van der Waals surface area contributed by atoms with E-state index in [2.05, 4.69) is 47.2 Å². The first-order valence-corrected chi connectivity index (χ1v) is 22.1. The fourth-order valence-electron chi connectivity index (χ4n) is 7.36. The molecular formula is C47H61N11O9. The summed E-state index contributed by atoms with van der Waals surface area (Å²) in [6.07, 6.45) is 1.59. The molecule has 1 heterocycles. The molecule has 0 saturated heterocycles. The average molecular weight is 924 g/mol. The summed E-state index contributed by atoms with van der Waals surface area (Å²) in [7, 11) is 0. The Bertz CT molecular complexity index is 2370. The fourth-order valence-corrected chi connectivity index (χ4v) is 7.36. The van der Waals surface area contributed by atoms with Gasteiger partial charge in [-0.25, -0.2) is 9.59 Å². The predicted molar refractivity (Wildman–Crippen MR) is 249 cm³/mol. The van der Waals surface area contributed by atoms with Crippen LogP contribution in [0.3, 0.4) is 0 Å². The molecule has 0 aliphatic heterocycles. The van der Waals surface area contributed by atoms with Crippen molar-refractivity contribution in [2.45, 2.75) is 97.8 Å². The number of nitrogens with zero attached hydrogens (tertiary/aromatic N) is 4. The van der Waals surface area contributed by atoms with Crippen LogP contribution in [0.15, 0.2) is 66.7 Å². The predicted octanol–water partition coefficient (Wildman–Crippen LogP) is 4.30. The number of carbonyl (C=O) groups excluding carboxylic acids is 7. The van der Waals surface area contributed by atoms with Gasteiger partial charge in [0.15, 0.2) is 0 Å². The highest BCUT2D eigenvalue weighted by molar-refractivity contribution is 6.01. The van der Waals surface area contributed by atoms with Crippen molar-refractivity contribution in [3.05, 3.63) is 77.9 Å². The number of ether oxygens (including phenoxy) is 2. The lowest BCUT2D eigenvalue weighted by molar-refractivity contribution is -0.130. The van der Waals surface area contributed by atoms with Crippen LogP contribution in [0.1, 0.15) is 78.4 Å². The molecule has 1 atom stereocenters. The van der Waals surface area contributed by atoms with Crippen LogP contribution in [0.25, 0.3) is 22.5 Å². The summed E-state index contributed by atoms with van der Waals surface area (Å²) in [5, 5.41) is 27.5. The zero-order valence-corrected chi connectivity index (χ0v) is 39.0. The number of benzene rings is 3. The molecule has 0 spiro atoms. The fraction of sp³-hybridized carbons (Fsp3) is 0.447. The van der Waals surface area contributed by atoms with Crippen LogP contribution in [-0.4, -0.2) is 106 Å². The van der Waals surface area contributed by atoms with E-state index in [0.29, 0.717) is 42.1 Å². The van der Waals surface area contributed by atoms with Gasteiger partial charge in [-0.05, 0) is 144 Å². The number of aromatic amines is 1. The van der Waals surface area contributed by atoms with Crippen molar-refractivity contribution >= 4 is 53.1 Å². The number of primary amides is 1. The van der Waals surface area contributed by atoms with Crippen molar-refractivity contribution in [3.63, 3.8) is 0 Å². The minimum absolute atomic E-state index is 0.184. The molecule has 4 aromatic rings. The van der Waals surface area contributed by atoms with E-state index in [1.807, 2.05) is 31.2 Å². The Morgan fingerprint density at radius 2 is 1.42 bits per heavy atom. The number of nitrogens with one attached hydrogen (secondary N) is 6. The van der Waals surface area contributed by atoms with E-state index < -0.39 is 72.7 Å². The number of aryl methyl sites for hydroxylation is 1. The lowest BCUT2D eigenvalue weighted by Gasteiger charge is -2.29. The minimum atomic E-state index is -0.928. The van der Waals surface area contributed by atoms with E-state index in [1.165, 1.54) is 4.90 Å². The number of amides is 7. The van der Waals surface area contributed by atoms with E-state index in [1.54, 1.807) is 84.0 Å². The summed E-state index contributed by atoms with van der Waals surface area (Å²) in [6, 6.07) is 18.7. The normalized spacial score (nSPS) is 15.3. The third-order valence-electron chi connectivity index (χ3n) is 10.6. The van der Waals surface area contributed by atoms with Crippen molar-refractivity contribution in [2.24, 2.45) is 17.6 Å². The third-order valence-corrected chi connectivity index (χ3v) is 10.6. The van der Waals surface area contributed by atoms with Gasteiger partial charge in [-0.15, -0.1) is 10.2 Å². The summed E-state index contributed by atoms with van der Waals surface area (Å²) in [5.41, 5.74) is 8.93. The Morgan fingerprint density at radius 3 is 2.00 bits per heavy atom. The van der Waals surface area contributed by atoms with Crippen molar-refractivity contribution in [1.82, 2.24) is 41.9 Å². The van der Waals surface area contributed by atoms with E-state index in [4.69, 9.17) is 15.2 Å². The molecule has 1 aliphatic carbocycles. The van der Waals surface area contributed by atoms with Gasteiger partial charge in [0.2, 0.25) is 35.4 Å². The summed E-state index contributed by atoms with van der Waals surface area (Å²) in [5.74, 6) is -2.34. The maximum Gasteiger partial charge on any atom is 0.408 e. The van der Waals surface area contributed by atoms with Crippen molar-refractivity contribution in [2.75, 3.05) is 36.4 Å². The summed E-state index contributed by atoms with van der Waals surface area (Å²) >= 11 is 0. The van der Waals surface area contributed by atoms with Crippen LogP contribution >= 0.6 is 0 Å². The number of aromatic nitrogens is 4. The van der Waals surface area contributed by atoms with Crippen LogP contribution in [-0.2, 0) is 39.9 Å². The standard InChI is InChI=1S/C47H61N11O9/c1-28-22-35(58(27-38(48)59)40(61)26-49-39(60)25-51-45(65)67-47(5,6)7)20-21-36(28)31-12-8-29(9-13-31)23-37(43(63)52-34-18-16-32(17-19-34)41-54-56-57-55-41)53-42(62)33-14-10-30(11-15-33)24-50-44(64)66-46(2,3)4/h8-9,12-13,16-22,30,33,37H,10-11,14-15,23-27H2,1-7H3,(H2,48,59)(H,49,60)(H,50,64)(H,51,65)(H,52,63)(H,53,62)(H,54,55,56,57)/t30?,33?,37-/m0/s1. The van der Waals surface area contributed by atoms with Crippen LogP contribution in [0.2, 0.25) is 0 Å². The molecular weight excluding hydrogens is 863 g/mol. The minimum Gasteiger partial charge on any atom is -0.444 e. The van der Waals surface area contributed by atoms with Gasteiger partial charge < -0.3 is 46.7 Å². The molecule has 0 bridgehead atoms. The molecule has 3 aromatic carbocycles. The summed E-state index contributed by atoms with van der Waals surface area (Å²) in [6.45, 7) is 11.4. The van der Waals surface area contributed by atoms with Gasteiger partial charge in [0.05, 0.1) is 6.54 Å². The molecule has 5 rings (SSSR count). The molecule has 20 nitrogen and oxygen atoms in total. The molecule has 7 amide bonds. The summed E-state index contributed by atoms with van der Waals surface area (Å²) < 4.78 is 10.5. The number of tetrazole rings is 1. The number of hydrogen-bond donors (Lipinski definition) is 7. The molecule has 8 N–H and O–H groups in total. The first kappa shape index (κ1) is 50.6. The lowest BCUT2D eigenvalue weighted by atomic mass is 9.81. The monoisotopic (exact) mass is 923 g/mol. The first-order valence-electron chi connectivity index (χ1n) is 22.1. The topological polar surface area (TPSA) is 282 Å². The van der Waals surface area contributed by atoms with E-state index in [0.717, 1.165) is 35.1 Å². The van der Waals surface area contributed by atoms with Gasteiger partial charge in [0.25, 0.3) is 0 Å². The highest BCUT2D eigenvalue weighted by Crippen LogP contribution is 2.30. The van der Waals surface area contributed by atoms with Gasteiger partial charge in [-0.3, -0.25) is 24.0 Å². The molecule has 0 radical (unpaired) electrons. The lowest BCUT2D eigenvalue weighted by Crippen LogP contribution is -2.48. The van der Waals surface area contributed by atoms with Crippen LogP contribution in [0.5, 0.6) is 0 Å². The highest BCUT2D eigenvalue weighted by atomic mass is 16.6. The summed E-state index contributed by atoms with van der Waals surface area (Å²) in [4.78, 5) is 90.7. The molecule has 1 saturated carbocycles.